The maximum absolute atomic E-state index is 10.3. The molecule has 2 N–H and O–H groups in total. The van der Waals surface area contributed by atoms with Gasteiger partial charge in [-0.2, -0.15) is 0 Å². The molecule has 1 heterocycles. The molecule has 0 aliphatic rings. The summed E-state index contributed by atoms with van der Waals surface area (Å²) in [6, 6.07) is 0. The van der Waals surface area contributed by atoms with Gasteiger partial charge in [0.2, 0.25) is 0 Å². The minimum Gasteiger partial charge on any atom is -0.481 e. The highest BCUT2D eigenvalue weighted by molar-refractivity contribution is 7.09. The normalized spacial score (nSPS) is 10.9. The number of carbonyl (C=O) groups is 1. The summed E-state index contributed by atoms with van der Waals surface area (Å²) in [4.78, 5) is 14.8. The predicted molar refractivity (Wildman–Crippen MR) is 65.0 cm³/mol. The average Bonchev–Trinajstić information content (AvgIpc) is 2.65. The van der Waals surface area contributed by atoms with Gasteiger partial charge >= 0.3 is 5.97 Å². The molecule has 1 aromatic rings. The minimum absolute atomic E-state index is 0.176. The van der Waals surface area contributed by atoms with Crippen molar-refractivity contribution in [3.05, 3.63) is 16.1 Å². The van der Waals surface area contributed by atoms with Crippen LogP contribution in [0.15, 0.2) is 5.38 Å². The van der Waals surface area contributed by atoms with Crippen molar-refractivity contribution in [2.75, 3.05) is 13.1 Å². The monoisotopic (exact) mass is 242 g/mol. The second-order valence-electron chi connectivity index (χ2n) is 3.96. The third-order valence-electron chi connectivity index (χ3n) is 2.19. The Labute approximate surface area is 99.7 Å². The molecule has 16 heavy (non-hydrogen) atoms. The molecule has 0 aliphatic heterocycles. The first-order valence-corrected chi connectivity index (χ1v) is 6.34. The SMILES string of the molecule is CC(C)c1csc(CCNCCC(=O)O)n1. The number of aliphatic carboxylic acids is 1. The van der Waals surface area contributed by atoms with Crippen LogP contribution in [-0.2, 0) is 11.2 Å². The molecule has 0 atom stereocenters. The molecule has 0 bridgehead atoms. The van der Waals surface area contributed by atoms with Gasteiger partial charge in [0.1, 0.15) is 0 Å². The molecule has 1 rings (SSSR count). The van der Waals surface area contributed by atoms with E-state index in [2.05, 4.69) is 29.5 Å². The number of nitrogens with zero attached hydrogens (tertiary/aromatic N) is 1. The molecule has 0 aromatic carbocycles. The van der Waals surface area contributed by atoms with E-state index < -0.39 is 5.97 Å². The predicted octanol–water partition coefficient (Wildman–Crippen LogP) is 1.87. The molecule has 0 amide bonds. The van der Waals surface area contributed by atoms with Crippen LogP contribution in [0.3, 0.4) is 0 Å². The smallest absolute Gasteiger partial charge is 0.304 e. The zero-order chi connectivity index (χ0) is 12.0. The van der Waals surface area contributed by atoms with Crippen LogP contribution in [0.25, 0.3) is 0 Å². The lowest BCUT2D eigenvalue weighted by Gasteiger charge is -2.00. The van der Waals surface area contributed by atoms with E-state index in [0.717, 1.165) is 23.7 Å². The Morgan fingerprint density at radius 3 is 2.88 bits per heavy atom. The fourth-order valence-electron chi connectivity index (χ4n) is 1.22. The number of rotatable bonds is 7. The topological polar surface area (TPSA) is 62.2 Å². The van der Waals surface area contributed by atoms with Crippen molar-refractivity contribution < 1.29 is 9.90 Å². The molecule has 0 unspecified atom stereocenters. The Balaban J connectivity index is 2.19. The molecule has 90 valence electrons. The first-order chi connectivity index (χ1) is 7.59. The van der Waals surface area contributed by atoms with Crippen molar-refractivity contribution in [2.45, 2.75) is 32.6 Å². The number of aromatic nitrogens is 1. The van der Waals surface area contributed by atoms with Crippen LogP contribution in [0.1, 0.15) is 36.9 Å². The Bertz CT molecular complexity index is 336. The third kappa shape index (κ3) is 4.72. The number of hydrogen-bond acceptors (Lipinski definition) is 4. The second-order valence-corrected chi connectivity index (χ2v) is 4.91. The van der Waals surface area contributed by atoms with Gasteiger partial charge in [0.25, 0.3) is 0 Å². The maximum atomic E-state index is 10.3. The molecule has 0 spiro atoms. The highest BCUT2D eigenvalue weighted by Gasteiger charge is 2.05. The van der Waals surface area contributed by atoms with E-state index in [1.165, 1.54) is 0 Å². The van der Waals surface area contributed by atoms with Crippen molar-refractivity contribution in [2.24, 2.45) is 0 Å². The second kappa shape index (κ2) is 6.60. The lowest BCUT2D eigenvalue weighted by molar-refractivity contribution is -0.136. The van der Waals surface area contributed by atoms with Crippen molar-refractivity contribution in [3.63, 3.8) is 0 Å². The standard InChI is InChI=1S/C11H18N2O2S/c1-8(2)9-7-16-10(13-9)3-5-12-6-4-11(14)15/h7-8,12H,3-6H2,1-2H3,(H,14,15). The number of hydrogen-bond donors (Lipinski definition) is 2. The Morgan fingerprint density at radius 2 is 2.31 bits per heavy atom. The van der Waals surface area contributed by atoms with E-state index in [0.29, 0.717) is 12.5 Å². The zero-order valence-corrected chi connectivity index (χ0v) is 10.5. The summed E-state index contributed by atoms with van der Waals surface area (Å²) in [6.45, 7) is 5.57. The third-order valence-corrected chi connectivity index (χ3v) is 3.12. The largest absolute Gasteiger partial charge is 0.481 e. The van der Waals surface area contributed by atoms with Gasteiger partial charge in [-0.15, -0.1) is 11.3 Å². The fraction of sp³-hybridized carbons (Fsp3) is 0.636. The quantitative estimate of drug-likeness (QED) is 0.717. The Kier molecular flexibility index (Phi) is 5.42. The van der Waals surface area contributed by atoms with Crippen LogP contribution in [0.4, 0.5) is 0 Å². The molecule has 5 heteroatoms. The molecule has 1 aromatic heterocycles. The van der Waals surface area contributed by atoms with E-state index in [9.17, 15) is 4.79 Å². The van der Waals surface area contributed by atoms with Crippen molar-refractivity contribution in [1.82, 2.24) is 10.3 Å². The Morgan fingerprint density at radius 1 is 1.56 bits per heavy atom. The fourth-order valence-corrected chi connectivity index (χ4v) is 2.18. The van der Waals surface area contributed by atoms with Crippen LogP contribution in [0.5, 0.6) is 0 Å². The number of thiazole rings is 1. The summed E-state index contributed by atoms with van der Waals surface area (Å²) in [5, 5.41) is 14.7. The van der Waals surface area contributed by atoms with E-state index in [4.69, 9.17) is 5.11 Å². The van der Waals surface area contributed by atoms with Crippen LogP contribution in [0, 0.1) is 0 Å². The van der Waals surface area contributed by atoms with Gasteiger partial charge in [-0.1, -0.05) is 13.8 Å². The average molecular weight is 242 g/mol. The lowest BCUT2D eigenvalue weighted by atomic mass is 10.2. The molecule has 4 nitrogen and oxygen atoms in total. The minimum atomic E-state index is -0.760. The first-order valence-electron chi connectivity index (χ1n) is 5.46. The van der Waals surface area contributed by atoms with Crippen molar-refractivity contribution >= 4 is 17.3 Å². The summed E-state index contributed by atoms with van der Waals surface area (Å²) in [5.74, 6) is -0.284. The zero-order valence-electron chi connectivity index (χ0n) is 9.69. The number of carboxylic acids is 1. The van der Waals surface area contributed by atoms with Gasteiger partial charge in [-0.25, -0.2) is 4.98 Å². The molecule has 0 saturated carbocycles. The van der Waals surface area contributed by atoms with Crippen LogP contribution < -0.4 is 5.32 Å². The highest BCUT2D eigenvalue weighted by Crippen LogP contribution is 2.17. The summed E-state index contributed by atoms with van der Waals surface area (Å²) >= 11 is 1.67. The summed E-state index contributed by atoms with van der Waals surface area (Å²) in [7, 11) is 0. The number of carboxylic acid groups (broad SMARTS) is 1. The van der Waals surface area contributed by atoms with Crippen LogP contribution in [0.2, 0.25) is 0 Å². The van der Waals surface area contributed by atoms with Gasteiger partial charge in [-0.3, -0.25) is 4.79 Å². The first kappa shape index (κ1) is 13.1. The van der Waals surface area contributed by atoms with E-state index in [1.54, 1.807) is 11.3 Å². The summed E-state index contributed by atoms with van der Waals surface area (Å²) in [5.41, 5.74) is 1.14. The van der Waals surface area contributed by atoms with E-state index >= 15 is 0 Å². The Hall–Kier alpha value is -0.940. The summed E-state index contributed by atoms with van der Waals surface area (Å²) in [6.07, 6.45) is 1.05. The van der Waals surface area contributed by atoms with Crippen molar-refractivity contribution in [3.8, 4) is 0 Å². The summed E-state index contributed by atoms with van der Waals surface area (Å²) < 4.78 is 0. The van der Waals surface area contributed by atoms with E-state index in [1.807, 2.05) is 0 Å². The maximum Gasteiger partial charge on any atom is 0.304 e. The molecule has 0 radical (unpaired) electrons. The van der Waals surface area contributed by atoms with Gasteiger partial charge in [0, 0.05) is 24.9 Å². The highest BCUT2D eigenvalue weighted by atomic mass is 32.1. The molecule has 0 aliphatic carbocycles. The van der Waals surface area contributed by atoms with Gasteiger partial charge in [0.15, 0.2) is 0 Å². The lowest BCUT2D eigenvalue weighted by Crippen LogP contribution is -2.20. The number of nitrogens with one attached hydrogen (secondary N) is 1. The molecule has 0 saturated heterocycles. The molecular weight excluding hydrogens is 224 g/mol. The van der Waals surface area contributed by atoms with Crippen molar-refractivity contribution in [1.29, 1.82) is 0 Å². The van der Waals surface area contributed by atoms with E-state index in [-0.39, 0.29) is 6.42 Å². The van der Waals surface area contributed by atoms with Gasteiger partial charge in [0.05, 0.1) is 17.1 Å². The van der Waals surface area contributed by atoms with Crippen LogP contribution in [-0.4, -0.2) is 29.1 Å². The van der Waals surface area contributed by atoms with Gasteiger partial charge in [-0.05, 0) is 5.92 Å². The van der Waals surface area contributed by atoms with Gasteiger partial charge < -0.3 is 10.4 Å². The van der Waals surface area contributed by atoms with Crippen LogP contribution >= 0.6 is 11.3 Å². The molecular formula is C11H18N2O2S. The molecule has 0 fully saturated rings.